The normalized spacial score (nSPS) is 11.8. The van der Waals surface area contributed by atoms with Crippen molar-refractivity contribution in [2.24, 2.45) is 5.73 Å². The van der Waals surface area contributed by atoms with Gasteiger partial charge in [-0.1, -0.05) is 30.3 Å². The zero-order chi connectivity index (χ0) is 16.8. The number of benzene rings is 2. The van der Waals surface area contributed by atoms with Crippen LogP contribution in [0.3, 0.4) is 0 Å². The molecule has 0 aliphatic heterocycles. The quantitative estimate of drug-likeness (QED) is 0.856. The van der Waals surface area contributed by atoms with Crippen LogP contribution in [0, 0.1) is 0 Å². The molecule has 2 amide bonds. The van der Waals surface area contributed by atoms with Crippen molar-refractivity contribution >= 4 is 11.8 Å². The first-order valence-corrected chi connectivity index (χ1v) is 6.67. The Morgan fingerprint density at radius 1 is 1.00 bits per heavy atom. The average Bonchev–Trinajstić information content (AvgIpc) is 2.53. The SMILES string of the molecule is NC(=O)C(NC(=O)c1ccc(OC(F)F)cc1)c1ccccc1. The van der Waals surface area contributed by atoms with Crippen LogP contribution in [0.25, 0.3) is 0 Å². The van der Waals surface area contributed by atoms with Gasteiger partial charge < -0.3 is 15.8 Å². The number of nitrogens with one attached hydrogen (secondary N) is 1. The second kappa shape index (κ2) is 7.35. The Morgan fingerprint density at radius 3 is 2.13 bits per heavy atom. The Kier molecular flexibility index (Phi) is 5.24. The number of carbonyl (C=O) groups is 2. The largest absolute Gasteiger partial charge is 0.435 e. The second-order valence-electron chi connectivity index (χ2n) is 4.62. The molecule has 0 spiro atoms. The Hall–Kier alpha value is -2.96. The summed E-state index contributed by atoms with van der Waals surface area (Å²) in [6.07, 6.45) is 0. The Balaban J connectivity index is 2.11. The monoisotopic (exact) mass is 320 g/mol. The molecule has 0 fully saturated rings. The maximum absolute atomic E-state index is 12.2. The fourth-order valence-electron chi connectivity index (χ4n) is 1.97. The van der Waals surface area contributed by atoms with Crippen molar-refractivity contribution < 1.29 is 23.1 Å². The van der Waals surface area contributed by atoms with Crippen LogP contribution >= 0.6 is 0 Å². The number of halogens is 2. The van der Waals surface area contributed by atoms with Crippen molar-refractivity contribution in [2.75, 3.05) is 0 Å². The third-order valence-corrected chi connectivity index (χ3v) is 3.03. The van der Waals surface area contributed by atoms with Crippen molar-refractivity contribution in [2.45, 2.75) is 12.7 Å². The van der Waals surface area contributed by atoms with Crippen LogP contribution in [-0.2, 0) is 4.79 Å². The van der Waals surface area contributed by atoms with E-state index in [1.165, 1.54) is 24.3 Å². The van der Waals surface area contributed by atoms with Gasteiger partial charge in [0.25, 0.3) is 5.91 Å². The van der Waals surface area contributed by atoms with Crippen molar-refractivity contribution in [3.8, 4) is 5.75 Å². The maximum Gasteiger partial charge on any atom is 0.387 e. The van der Waals surface area contributed by atoms with E-state index < -0.39 is 24.5 Å². The van der Waals surface area contributed by atoms with Crippen molar-refractivity contribution in [3.63, 3.8) is 0 Å². The van der Waals surface area contributed by atoms with Crippen LogP contribution in [0.4, 0.5) is 8.78 Å². The van der Waals surface area contributed by atoms with Crippen molar-refractivity contribution in [3.05, 3.63) is 65.7 Å². The summed E-state index contributed by atoms with van der Waals surface area (Å²) in [7, 11) is 0. The van der Waals surface area contributed by atoms with Crippen LogP contribution in [0.2, 0.25) is 0 Å². The average molecular weight is 320 g/mol. The summed E-state index contributed by atoms with van der Waals surface area (Å²) in [5, 5.41) is 2.51. The van der Waals surface area contributed by atoms with Crippen LogP contribution in [-0.4, -0.2) is 18.4 Å². The van der Waals surface area contributed by atoms with E-state index in [0.717, 1.165) is 0 Å². The molecule has 7 heteroatoms. The molecular formula is C16H14F2N2O3. The number of carbonyl (C=O) groups excluding carboxylic acids is 2. The zero-order valence-electron chi connectivity index (χ0n) is 11.9. The van der Waals surface area contributed by atoms with Gasteiger partial charge in [0.1, 0.15) is 11.8 Å². The predicted molar refractivity (Wildman–Crippen MR) is 78.9 cm³/mol. The van der Waals surface area contributed by atoms with E-state index in [0.29, 0.717) is 5.56 Å². The summed E-state index contributed by atoms with van der Waals surface area (Å²) in [6, 6.07) is 12.6. The molecule has 2 aromatic carbocycles. The molecular weight excluding hydrogens is 306 g/mol. The van der Waals surface area contributed by atoms with Crippen LogP contribution in [0.15, 0.2) is 54.6 Å². The molecule has 120 valence electrons. The van der Waals surface area contributed by atoms with Gasteiger partial charge in [0.2, 0.25) is 5.91 Å². The highest BCUT2D eigenvalue weighted by molar-refractivity contribution is 5.97. The number of primary amides is 1. The Morgan fingerprint density at radius 2 is 1.61 bits per heavy atom. The first kappa shape index (κ1) is 16.4. The van der Waals surface area contributed by atoms with E-state index in [9.17, 15) is 18.4 Å². The summed E-state index contributed by atoms with van der Waals surface area (Å²) < 4.78 is 28.3. The van der Waals surface area contributed by atoms with Crippen LogP contribution in [0.5, 0.6) is 5.75 Å². The topological polar surface area (TPSA) is 81.4 Å². The highest BCUT2D eigenvalue weighted by Gasteiger charge is 2.20. The van der Waals surface area contributed by atoms with E-state index in [4.69, 9.17) is 5.73 Å². The third kappa shape index (κ3) is 4.50. The molecule has 1 atom stereocenters. The fourth-order valence-corrected chi connectivity index (χ4v) is 1.97. The first-order chi connectivity index (χ1) is 11.0. The van der Waals surface area contributed by atoms with Crippen LogP contribution < -0.4 is 15.8 Å². The summed E-state index contributed by atoms with van der Waals surface area (Å²) in [6.45, 7) is -2.94. The lowest BCUT2D eigenvalue weighted by molar-refractivity contribution is -0.120. The highest BCUT2D eigenvalue weighted by Crippen LogP contribution is 2.17. The minimum atomic E-state index is -2.94. The summed E-state index contributed by atoms with van der Waals surface area (Å²) >= 11 is 0. The van der Waals surface area contributed by atoms with E-state index in [1.54, 1.807) is 30.3 Å². The van der Waals surface area contributed by atoms with Gasteiger partial charge in [0, 0.05) is 5.56 Å². The number of hydrogen-bond donors (Lipinski definition) is 2. The molecule has 0 aliphatic rings. The number of hydrogen-bond acceptors (Lipinski definition) is 3. The minimum Gasteiger partial charge on any atom is -0.435 e. The van der Waals surface area contributed by atoms with E-state index in [1.807, 2.05) is 0 Å². The fraction of sp³-hybridized carbons (Fsp3) is 0.125. The van der Waals surface area contributed by atoms with Gasteiger partial charge in [-0.15, -0.1) is 0 Å². The van der Waals surface area contributed by atoms with E-state index in [2.05, 4.69) is 10.1 Å². The van der Waals surface area contributed by atoms with Crippen molar-refractivity contribution in [1.82, 2.24) is 5.32 Å². The van der Waals surface area contributed by atoms with Gasteiger partial charge in [-0.3, -0.25) is 9.59 Å². The molecule has 5 nitrogen and oxygen atoms in total. The lowest BCUT2D eigenvalue weighted by Gasteiger charge is -2.16. The highest BCUT2D eigenvalue weighted by atomic mass is 19.3. The molecule has 1 unspecified atom stereocenters. The second-order valence-corrected chi connectivity index (χ2v) is 4.62. The molecule has 0 radical (unpaired) electrons. The minimum absolute atomic E-state index is 0.0638. The van der Waals surface area contributed by atoms with Crippen molar-refractivity contribution in [1.29, 1.82) is 0 Å². The first-order valence-electron chi connectivity index (χ1n) is 6.67. The van der Waals surface area contributed by atoms with Gasteiger partial charge in [0.15, 0.2) is 0 Å². The number of ether oxygens (including phenoxy) is 1. The lowest BCUT2D eigenvalue weighted by atomic mass is 10.1. The smallest absolute Gasteiger partial charge is 0.387 e. The number of nitrogens with two attached hydrogens (primary N) is 1. The van der Waals surface area contributed by atoms with Gasteiger partial charge >= 0.3 is 6.61 Å². The Labute approximate surface area is 131 Å². The van der Waals surface area contributed by atoms with Gasteiger partial charge in [0.05, 0.1) is 0 Å². The molecule has 0 aliphatic carbocycles. The molecule has 2 aromatic rings. The summed E-state index contributed by atoms with van der Waals surface area (Å²) in [5.74, 6) is -1.32. The van der Waals surface area contributed by atoms with E-state index in [-0.39, 0.29) is 11.3 Å². The molecule has 0 bridgehead atoms. The molecule has 23 heavy (non-hydrogen) atoms. The van der Waals surface area contributed by atoms with Gasteiger partial charge in [-0.25, -0.2) is 0 Å². The lowest BCUT2D eigenvalue weighted by Crippen LogP contribution is -2.37. The predicted octanol–water partition coefficient (Wildman–Crippen LogP) is 2.24. The maximum atomic E-state index is 12.2. The molecule has 0 saturated heterocycles. The molecule has 0 saturated carbocycles. The zero-order valence-corrected chi connectivity index (χ0v) is 11.9. The molecule has 2 rings (SSSR count). The van der Waals surface area contributed by atoms with Crippen LogP contribution in [0.1, 0.15) is 22.0 Å². The van der Waals surface area contributed by atoms with Gasteiger partial charge in [-0.05, 0) is 29.8 Å². The number of alkyl halides is 2. The summed E-state index contributed by atoms with van der Waals surface area (Å²) in [5.41, 5.74) is 6.05. The van der Waals surface area contributed by atoms with Gasteiger partial charge in [-0.2, -0.15) is 8.78 Å². The standard InChI is InChI=1S/C16H14F2N2O3/c17-16(18)23-12-8-6-11(7-9-12)15(22)20-13(14(19)21)10-4-2-1-3-5-10/h1-9,13,16H,(H2,19,21)(H,20,22). The molecule has 3 N–H and O–H groups in total. The third-order valence-electron chi connectivity index (χ3n) is 3.03. The number of rotatable bonds is 6. The van der Waals surface area contributed by atoms with E-state index >= 15 is 0 Å². The molecule has 0 aromatic heterocycles. The number of amides is 2. The summed E-state index contributed by atoms with van der Waals surface area (Å²) in [4.78, 5) is 23.7. The molecule has 0 heterocycles. The Bertz CT molecular complexity index is 675.